The van der Waals surface area contributed by atoms with Crippen molar-refractivity contribution >= 4 is 11.6 Å². The summed E-state index contributed by atoms with van der Waals surface area (Å²) in [6.45, 7) is 2.60. The second-order valence-corrected chi connectivity index (χ2v) is 3.49. The van der Waals surface area contributed by atoms with Crippen molar-refractivity contribution in [3.8, 4) is 11.4 Å². The van der Waals surface area contributed by atoms with Gasteiger partial charge in [0.2, 0.25) is 0 Å². The maximum absolute atomic E-state index is 5.67. The van der Waals surface area contributed by atoms with Crippen LogP contribution in [0, 0.1) is 0 Å². The van der Waals surface area contributed by atoms with Crippen LogP contribution in [0.15, 0.2) is 30.5 Å². The average Bonchev–Trinajstić information content (AvgIpc) is 2.78. The van der Waals surface area contributed by atoms with E-state index in [1.165, 1.54) is 0 Å². The van der Waals surface area contributed by atoms with Crippen LogP contribution in [-0.4, -0.2) is 21.6 Å². The van der Waals surface area contributed by atoms with Crippen LogP contribution in [0.3, 0.4) is 0 Å². The summed E-state index contributed by atoms with van der Waals surface area (Å²) in [6.07, 6.45) is 1.80. The molecule has 1 aromatic carbocycles. The first kappa shape index (κ1) is 11.0. The third kappa shape index (κ3) is 2.33. The summed E-state index contributed by atoms with van der Waals surface area (Å²) >= 11 is 5.67. The molecule has 0 aliphatic heterocycles. The summed E-state index contributed by atoms with van der Waals surface area (Å²) < 4.78 is 7.09. The zero-order valence-corrected chi connectivity index (χ0v) is 9.68. The topological polar surface area (TPSA) is 39.9 Å². The van der Waals surface area contributed by atoms with E-state index in [0.717, 1.165) is 17.1 Å². The smallest absolute Gasteiger partial charge is 0.121 e. The van der Waals surface area contributed by atoms with Gasteiger partial charge < -0.3 is 4.74 Å². The van der Waals surface area contributed by atoms with Crippen LogP contribution in [0.4, 0.5) is 0 Å². The van der Waals surface area contributed by atoms with Crippen LogP contribution in [0.5, 0.6) is 5.75 Å². The van der Waals surface area contributed by atoms with Crippen LogP contribution in [0.25, 0.3) is 5.69 Å². The molecule has 5 heteroatoms. The molecule has 0 aliphatic carbocycles. The van der Waals surface area contributed by atoms with Crippen LogP contribution < -0.4 is 4.74 Å². The maximum atomic E-state index is 5.67. The van der Waals surface area contributed by atoms with E-state index in [4.69, 9.17) is 16.3 Å². The normalized spacial score (nSPS) is 10.4. The first-order valence-corrected chi connectivity index (χ1v) is 5.57. The lowest BCUT2D eigenvalue weighted by molar-refractivity contribution is 0.340. The Hall–Kier alpha value is -1.55. The molecule has 16 heavy (non-hydrogen) atoms. The van der Waals surface area contributed by atoms with Crippen molar-refractivity contribution in [2.24, 2.45) is 0 Å². The van der Waals surface area contributed by atoms with Crippen molar-refractivity contribution in [2.75, 3.05) is 6.61 Å². The molecule has 0 aliphatic rings. The van der Waals surface area contributed by atoms with E-state index in [1.807, 2.05) is 31.2 Å². The molecule has 2 aromatic rings. The molecule has 2 rings (SSSR count). The fraction of sp³-hybridized carbons (Fsp3) is 0.273. The Bertz CT molecular complexity index is 470. The number of rotatable bonds is 4. The quantitative estimate of drug-likeness (QED) is 0.767. The molecule has 0 bridgehead atoms. The van der Waals surface area contributed by atoms with Crippen molar-refractivity contribution in [3.05, 3.63) is 36.2 Å². The van der Waals surface area contributed by atoms with Crippen LogP contribution >= 0.6 is 11.6 Å². The van der Waals surface area contributed by atoms with E-state index in [9.17, 15) is 0 Å². The number of aromatic nitrogens is 3. The van der Waals surface area contributed by atoms with E-state index >= 15 is 0 Å². The Balaban J connectivity index is 2.28. The molecule has 0 saturated heterocycles. The zero-order chi connectivity index (χ0) is 11.4. The minimum absolute atomic E-state index is 0.366. The van der Waals surface area contributed by atoms with Crippen molar-refractivity contribution in [2.45, 2.75) is 12.8 Å². The first-order chi connectivity index (χ1) is 7.83. The molecule has 0 unspecified atom stereocenters. The van der Waals surface area contributed by atoms with Crippen molar-refractivity contribution < 1.29 is 4.74 Å². The molecule has 84 valence electrons. The largest absolute Gasteiger partial charge is 0.494 e. The minimum atomic E-state index is 0.366. The Morgan fingerprint density at radius 1 is 1.44 bits per heavy atom. The number of hydrogen-bond donors (Lipinski definition) is 0. The molecule has 1 heterocycles. The highest BCUT2D eigenvalue weighted by Gasteiger charge is 2.02. The summed E-state index contributed by atoms with van der Waals surface area (Å²) in [7, 11) is 0. The number of hydrogen-bond acceptors (Lipinski definition) is 3. The van der Waals surface area contributed by atoms with Gasteiger partial charge >= 0.3 is 0 Å². The lowest BCUT2D eigenvalue weighted by atomic mass is 10.3. The number of ether oxygens (including phenoxy) is 1. The Morgan fingerprint density at radius 2 is 2.31 bits per heavy atom. The maximum Gasteiger partial charge on any atom is 0.121 e. The van der Waals surface area contributed by atoms with Gasteiger partial charge in [-0.3, -0.25) is 0 Å². The monoisotopic (exact) mass is 237 g/mol. The lowest BCUT2D eigenvalue weighted by Crippen LogP contribution is -1.97. The van der Waals surface area contributed by atoms with Gasteiger partial charge in [-0.2, -0.15) is 0 Å². The molecule has 4 nitrogen and oxygen atoms in total. The molecule has 0 fully saturated rings. The molecule has 0 spiro atoms. The summed E-state index contributed by atoms with van der Waals surface area (Å²) in [6, 6.07) is 7.68. The Labute approximate surface area is 98.8 Å². The first-order valence-electron chi connectivity index (χ1n) is 5.04. The average molecular weight is 238 g/mol. The number of nitrogens with zero attached hydrogens (tertiary/aromatic N) is 3. The van der Waals surface area contributed by atoms with Crippen molar-refractivity contribution in [1.29, 1.82) is 0 Å². The summed E-state index contributed by atoms with van der Waals surface area (Å²) in [5.74, 6) is 1.19. The summed E-state index contributed by atoms with van der Waals surface area (Å²) in [5.41, 5.74) is 1.67. The number of benzene rings is 1. The fourth-order valence-electron chi connectivity index (χ4n) is 1.37. The predicted molar refractivity (Wildman–Crippen MR) is 62.1 cm³/mol. The highest BCUT2D eigenvalue weighted by Crippen LogP contribution is 2.16. The second kappa shape index (κ2) is 4.99. The van der Waals surface area contributed by atoms with Gasteiger partial charge in [0.25, 0.3) is 0 Å². The van der Waals surface area contributed by atoms with Gasteiger partial charge in [0.05, 0.1) is 30.1 Å². The number of alkyl halides is 1. The molecule has 0 N–H and O–H groups in total. The van der Waals surface area contributed by atoms with Crippen LogP contribution in [0.2, 0.25) is 0 Å². The standard InChI is InChI=1S/C11H12ClN3O/c1-2-16-11-5-3-4-10(6-11)15-8-9(7-12)13-14-15/h3-6,8H,2,7H2,1H3. The van der Waals surface area contributed by atoms with E-state index in [1.54, 1.807) is 10.9 Å². The van der Waals surface area contributed by atoms with Crippen LogP contribution in [-0.2, 0) is 5.88 Å². The van der Waals surface area contributed by atoms with Crippen molar-refractivity contribution in [1.82, 2.24) is 15.0 Å². The van der Waals surface area contributed by atoms with Gasteiger partial charge in [-0.15, -0.1) is 16.7 Å². The second-order valence-electron chi connectivity index (χ2n) is 3.22. The predicted octanol–water partition coefficient (Wildman–Crippen LogP) is 2.40. The minimum Gasteiger partial charge on any atom is -0.494 e. The van der Waals surface area contributed by atoms with Gasteiger partial charge in [-0.1, -0.05) is 11.3 Å². The molecular formula is C11H12ClN3O. The summed E-state index contributed by atoms with van der Waals surface area (Å²) in [4.78, 5) is 0. The third-order valence-electron chi connectivity index (χ3n) is 2.07. The summed E-state index contributed by atoms with van der Waals surface area (Å²) in [5, 5.41) is 7.91. The van der Waals surface area contributed by atoms with E-state index in [-0.39, 0.29) is 0 Å². The SMILES string of the molecule is CCOc1cccc(-n2cc(CCl)nn2)c1. The molecule has 1 aromatic heterocycles. The van der Waals surface area contributed by atoms with Gasteiger partial charge in [0.1, 0.15) is 5.75 Å². The van der Waals surface area contributed by atoms with Gasteiger partial charge in [0, 0.05) is 6.07 Å². The zero-order valence-electron chi connectivity index (χ0n) is 8.93. The van der Waals surface area contributed by atoms with Gasteiger partial charge in [0.15, 0.2) is 0 Å². The highest BCUT2D eigenvalue weighted by atomic mass is 35.5. The van der Waals surface area contributed by atoms with Crippen LogP contribution in [0.1, 0.15) is 12.6 Å². The fourth-order valence-corrected chi connectivity index (χ4v) is 1.49. The lowest BCUT2D eigenvalue weighted by Gasteiger charge is -2.05. The highest BCUT2D eigenvalue weighted by molar-refractivity contribution is 6.16. The Kier molecular flexibility index (Phi) is 3.41. The molecule has 0 amide bonds. The molecule has 0 atom stereocenters. The molecule has 0 saturated carbocycles. The Morgan fingerprint density at radius 3 is 3.00 bits per heavy atom. The number of halogens is 1. The third-order valence-corrected chi connectivity index (χ3v) is 2.34. The van der Waals surface area contributed by atoms with E-state index in [2.05, 4.69) is 10.3 Å². The van der Waals surface area contributed by atoms with E-state index in [0.29, 0.717) is 12.5 Å². The molecule has 0 radical (unpaired) electrons. The van der Waals surface area contributed by atoms with E-state index < -0.39 is 0 Å². The van der Waals surface area contributed by atoms with Gasteiger partial charge in [-0.25, -0.2) is 4.68 Å². The van der Waals surface area contributed by atoms with Crippen molar-refractivity contribution in [3.63, 3.8) is 0 Å². The molecular weight excluding hydrogens is 226 g/mol. The van der Waals surface area contributed by atoms with Gasteiger partial charge in [-0.05, 0) is 19.1 Å².